The van der Waals surface area contributed by atoms with E-state index in [0.29, 0.717) is 51.7 Å². The molecular weight excluding hydrogens is 536 g/mol. The number of nitrogens with one attached hydrogen (secondary N) is 2. The van der Waals surface area contributed by atoms with Crippen LogP contribution in [-0.2, 0) is 11.3 Å². The van der Waals surface area contributed by atoms with Crippen LogP contribution in [0.15, 0.2) is 59.4 Å². The van der Waals surface area contributed by atoms with Crippen molar-refractivity contribution in [2.24, 2.45) is 0 Å². The molecule has 3 aromatic carbocycles. The number of nitrogens with zero attached hydrogens (tertiary/aromatic N) is 2. The smallest absolute Gasteiger partial charge is 0.266 e. The maximum Gasteiger partial charge on any atom is 0.266 e. The fourth-order valence-corrected chi connectivity index (χ4v) is 4.19. The largest absolute Gasteiger partial charge is 0.493 e. The first kappa shape index (κ1) is 28.2. The standard InChI is InChI=1S/C25H21N3O6S.C3H7NO/c1-31-19-8-5-16(11-21(19)32-2)28-24(30)17-6-4-15(10-18(17)27-25(28)35)23(29)26-12-14-3-7-20-22(9-14)34-13-33-20;1-4(2)3-5/h3-11H,12-13H2,1-2H3,(H,26,29)(H,27,35);3H,1-2H3. The first-order valence-corrected chi connectivity index (χ1v) is 12.5. The summed E-state index contributed by atoms with van der Waals surface area (Å²) in [7, 11) is 6.43. The fourth-order valence-electron chi connectivity index (χ4n) is 3.89. The lowest BCUT2D eigenvalue weighted by Crippen LogP contribution is -2.24. The van der Waals surface area contributed by atoms with E-state index in [4.69, 9.17) is 31.2 Å². The molecule has 5 rings (SSSR count). The van der Waals surface area contributed by atoms with Gasteiger partial charge in [-0.15, -0.1) is 0 Å². The van der Waals surface area contributed by atoms with Crippen molar-refractivity contribution < 1.29 is 28.5 Å². The lowest BCUT2D eigenvalue weighted by atomic mass is 10.1. The molecule has 1 aliphatic heterocycles. The molecule has 11 nitrogen and oxygen atoms in total. The third-order valence-electron chi connectivity index (χ3n) is 5.89. The van der Waals surface area contributed by atoms with Gasteiger partial charge in [0, 0.05) is 32.3 Å². The van der Waals surface area contributed by atoms with Gasteiger partial charge in [-0.05, 0) is 60.2 Å². The van der Waals surface area contributed by atoms with Crippen LogP contribution in [0.1, 0.15) is 15.9 Å². The average molecular weight is 565 g/mol. The molecule has 2 amide bonds. The molecule has 0 fully saturated rings. The van der Waals surface area contributed by atoms with E-state index >= 15 is 0 Å². The lowest BCUT2D eigenvalue weighted by molar-refractivity contribution is -0.115. The van der Waals surface area contributed by atoms with Gasteiger partial charge in [0.2, 0.25) is 13.2 Å². The second-order valence-corrected chi connectivity index (χ2v) is 9.20. The molecule has 0 bridgehead atoms. The maximum atomic E-state index is 13.3. The van der Waals surface area contributed by atoms with Crippen molar-refractivity contribution in [1.29, 1.82) is 0 Å². The van der Waals surface area contributed by atoms with Crippen molar-refractivity contribution in [2.75, 3.05) is 35.1 Å². The zero-order chi connectivity index (χ0) is 28.8. The van der Waals surface area contributed by atoms with E-state index in [-0.39, 0.29) is 23.0 Å². The van der Waals surface area contributed by atoms with Crippen molar-refractivity contribution in [3.05, 3.63) is 80.8 Å². The van der Waals surface area contributed by atoms with Gasteiger partial charge in [0.1, 0.15) is 0 Å². The number of aromatic nitrogens is 2. The summed E-state index contributed by atoms with van der Waals surface area (Å²) < 4.78 is 22.8. The number of ether oxygens (including phenoxy) is 4. The Morgan fingerprint density at radius 2 is 1.77 bits per heavy atom. The van der Waals surface area contributed by atoms with Crippen LogP contribution in [-0.4, -0.2) is 61.9 Å². The fraction of sp³-hybridized carbons (Fsp3) is 0.214. The van der Waals surface area contributed by atoms with Crippen molar-refractivity contribution in [1.82, 2.24) is 19.8 Å². The molecule has 0 radical (unpaired) electrons. The number of rotatable bonds is 7. The van der Waals surface area contributed by atoms with E-state index in [0.717, 1.165) is 12.0 Å². The minimum absolute atomic E-state index is 0.188. The van der Waals surface area contributed by atoms with Gasteiger partial charge in [-0.25, -0.2) is 0 Å². The Hall–Kier alpha value is -4.84. The second-order valence-electron chi connectivity index (χ2n) is 8.81. The molecule has 0 unspecified atom stereocenters. The summed E-state index contributed by atoms with van der Waals surface area (Å²) in [6, 6.07) is 15.4. The highest BCUT2D eigenvalue weighted by Gasteiger charge is 2.15. The third kappa shape index (κ3) is 6.07. The molecule has 0 aliphatic carbocycles. The Bertz CT molecular complexity index is 1680. The van der Waals surface area contributed by atoms with Crippen LogP contribution in [0.25, 0.3) is 16.6 Å². The number of carbonyl (C=O) groups is 2. The molecular formula is C28H28N4O7S. The summed E-state index contributed by atoms with van der Waals surface area (Å²) in [5.41, 5.74) is 1.95. The number of hydrogen-bond donors (Lipinski definition) is 2. The van der Waals surface area contributed by atoms with Gasteiger partial charge < -0.3 is 34.1 Å². The molecule has 12 heteroatoms. The lowest BCUT2D eigenvalue weighted by Gasteiger charge is -2.12. The summed E-state index contributed by atoms with van der Waals surface area (Å²) in [4.78, 5) is 40.0. The van der Waals surface area contributed by atoms with Crippen molar-refractivity contribution in [2.45, 2.75) is 6.54 Å². The Kier molecular flexibility index (Phi) is 8.70. The monoisotopic (exact) mass is 564 g/mol. The summed E-state index contributed by atoms with van der Waals surface area (Å²) in [6.45, 7) is 0.502. The summed E-state index contributed by atoms with van der Waals surface area (Å²) >= 11 is 5.47. The first-order valence-electron chi connectivity index (χ1n) is 12.1. The first-order chi connectivity index (χ1) is 19.2. The number of benzene rings is 3. The molecule has 0 atom stereocenters. The molecule has 0 saturated carbocycles. The van der Waals surface area contributed by atoms with E-state index in [1.54, 1.807) is 50.5 Å². The number of carbonyl (C=O) groups excluding carboxylic acids is 2. The Labute approximate surface area is 234 Å². The van der Waals surface area contributed by atoms with Gasteiger partial charge in [0.05, 0.1) is 30.8 Å². The number of fused-ring (bicyclic) bond motifs is 2. The Morgan fingerprint density at radius 1 is 1.05 bits per heavy atom. The van der Waals surface area contributed by atoms with E-state index in [1.807, 2.05) is 18.2 Å². The van der Waals surface area contributed by atoms with Crippen LogP contribution in [0.5, 0.6) is 23.0 Å². The molecule has 1 aliphatic rings. The van der Waals surface area contributed by atoms with Gasteiger partial charge in [-0.2, -0.15) is 0 Å². The number of methoxy groups -OCH3 is 2. The second kappa shape index (κ2) is 12.3. The zero-order valence-electron chi connectivity index (χ0n) is 22.3. The van der Waals surface area contributed by atoms with E-state index in [2.05, 4.69) is 10.3 Å². The SMILES string of the molecule is CN(C)C=O.COc1ccc(-n2c(=S)[nH]c3cc(C(=O)NCc4ccc5c(c4)OCO5)ccc3c2=O)cc1OC. The highest BCUT2D eigenvalue weighted by atomic mass is 32.1. The average Bonchev–Trinajstić information content (AvgIpc) is 3.43. The Morgan fingerprint density at radius 3 is 2.48 bits per heavy atom. The van der Waals surface area contributed by atoms with Gasteiger partial charge in [-0.1, -0.05) is 6.07 Å². The highest BCUT2D eigenvalue weighted by Crippen LogP contribution is 2.32. The van der Waals surface area contributed by atoms with Gasteiger partial charge in [0.15, 0.2) is 27.8 Å². The molecule has 2 N–H and O–H groups in total. The van der Waals surface area contributed by atoms with Gasteiger partial charge >= 0.3 is 0 Å². The minimum atomic E-state index is -0.316. The van der Waals surface area contributed by atoms with Crippen LogP contribution in [0.2, 0.25) is 0 Å². The predicted molar refractivity (Wildman–Crippen MR) is 151 cm³/mol. The van der Waals surface area contributed by atoms with Crippen molar-refractivity contribution in [3.63, 3.8) is 0 Å². The van der Waals surface area contributed by atoms with Crippen LogP contribution in [0, 0.1) is 4.77 Å². The topological polar surface area (TPSA) is 124 Å². The molecule has 1 aromatic heterocycles. The van der Waals surface area contributed by atoms with Crippen LogP contribution >= 0.6 is 12.2 Å². The highest BCUT2D eigenvalue weighted by molar-refractivity contribution is 7.71. The number of H-pyrrole nitrogens is 1. The van der Waals surface area contributed by atoms with Crippen LogP contribution < -0.4 is 29.8 Å². The normalized spacial score (nSPS) is 11.3. The number of hydrogen-bond acceptors (Lipinski definition) is 8. The maximum absolute atomic E-state index is 13.3. The van der Waals surface area contributed by atoms with E-state index in [9.17, 15) is 14.4 Å². The Balaban J connectivity index is 0.000000681. The van der Waals surface area contributed by atoms with Crippen molar-refractivity contribution >= 4 is 35.4 Å². The summed E-state index contributed by atoms with van der Waals surface area (Å²) in [5.74, 6) is 2.06. The molecule has 2 heterocycles. The van der Waals surface area contributed by atoms with E-state index in [1.165, 1.54) is 23.7 Å². The summed E-state index contributed by atoms with van der Waals surface area (Å²) in [6.07, 6.45) is 0.750. The molecule has 208 valence electrons. The number of aromatic amines is 1. The molecule has 40 heavy (non-hydrogen) atoms. The van der Waals surface area contributed by atoms with Gasteiger partial charge in [0.25, 0.3) is 11.5 Å². The van der Waals surface area contributed by atoms with Crippen molar-refractivity contribution in [3.8, 4) is 28.7 Å². The zero-order valence-corrected chi connectivity index (χ0v) is 23.2. The molecule has 4 aromatic rings. The minimum Gasteiger partial charge on any atom is -0.493 e. The third-order valence-corrected chi connectivity index (χ3v) is 6.17. The molecule has 0 saturated heterocycles. The van der Waals surface area contributed by atoms with Crippen LogP contribution in [0.4, 0.5) is 0 Å². The van der Waals surface area contributed by atoms with E-state index < -0.39 is 0 Å². The molecule has 0 spiro atoms. The summed E-state index contributed by atoms with van der Waals surface area (Å²) in [5, 5.41) is 3.27. The quantitative estimate of drug-likeness (QED) is 0.259. The number of amides is 2. The van der Waals surface area contributed by atoms with Crippen LogP contribution in [0.3, 0.4) is 0 Å². The van der Waals surface area contributed by atoms with Gasteiger partial charge in [-0.3, -0.25) is 19.0 Å². The predicted octanol–water partition coefficient (Wildman–Crippen LogP) is 3.43.